The van der Waals surface area contributed by atoms with E-state index in [1.165, 1.54) is 0 Å². The first-order valence-electron chi connectivity index (χ1n) is 6.65. The minimum absolute atomic E-state index is 0.0826. The number of nitrogens with zero attached hydrogens (tertiary/aromatic N) is 3. The van der Waals surface area contributed by atoms with Crippen LogP contribution in [0.5, 0.6) is 0 Å². The number of aryl methyl sites for hydroxylation is 1. The highest BCUT2D eigenvalue weighted by Gasteiger charge is 2.13. The van der Waals surface area contributed by atoms with Crippen molar-refractivity contribution < 1.29 is 5.11 Å². The quantitative estimate of drug-likeness (QED) is 0.772. The van der Waals surface area contributed by atoms with Crippen LogP contribution in [0.2, 0.25) is 0 Å². The number of aliphatic hydroxyl groups excluding tert-OH is 1. The van der Waals surface area contributed by atoms with Crippen LogP contribution in [0.1, 0.15) is 32.0 Å². The Morgan fingerprint density at radius 3 is 2.33 bits per heavy atom. The molecule has 1 rings (SSSR count). The first kappa shape index (κ1) is 14.7. The summed E-state index contributed by atoms with van der Waals surface area (Å²) in [5, 5.41) is 11.9. The number of hydrogen-bond donors (Lipinski definition) is 2. The van der Waals surface area contributed by atoms with E-state index in [9.17, 15) is 0 Å². The van der Waals surface area contributed by atoms with Gasteiger partial charge in [0.25, 0.3) is 0 Å². The van der Waals surface area contributed by atoms with Gasteiger partial charge >= 0.3 is 0 Å². The molecule has 0 aliphatic rings. The third-order valence-electron chi connectivity index (χ3n) is 3.01. The average molecular weight is 252 g/mol. The molecule has 0 bridgehead atoms. The summed E-state index contributed by atoms with van der Waals surface area (Å²) in [5.41, 5.74) is 2.21. The minimum Gasteiger partial charge on any atom is -0.395 e. The van der Waals surface area contributed by atoms with Crippen LogP contribution in [0.4, 0.5) is 11.8 Å². The Labute approximate surface area is 109 Å². The summed E-state index contributed by atoms with van der Waals surface area (Å²) in [7, 11) is 0. The van der Waals surface area contributed by atoms with Gasteiger partial charge in [-0.05, 0) is 27.2 Å². The summed E-state index contributed by atoms with van der Waals surface area (Å²) in [6.07, 6.45) is 0.885. The van der Waals surface area contributed by atoms with Crippen LogP contribution in [-0.4, -0.2) is 41.3 Å². The van der Waals surface area contributed by atoms with Crippen LogP contribution >= 0.6 is 0 Å². The van der Waals surface area contributed by atoms with Crippen molar-refractivity contribution in [2.45, 2.75) is 34.1 Å². The molecule has 1 heterocycles. The van der Waals surface area contributed by atoms with Gasteiger partial charge in [0.15, 0.2) is 0 Å². The predicted molar refractivity (Wildman–Crippen MR) is 75.3 cm³/mol. The van der Waals surface area contributed by atoms with Crippen LogP contribution < -0.4 is 10.2 Å². The molecule has 0 saturated carbocycles. The molecule has 2 N–H and O–H groups in total. The van der Waals surface area contributed by atoms with Gasteiger partial charge in [-0.2, -0.15) is 4.98 Å². The molecular weight excluding hydrogens is 228 g/mol. The van der Waals surface area contributed by atoms with Crippen molar-refractivity contribution in [3.05, 3.63) is 11.3 Å². The van der Waals surface area contributed by atoms with Gasteiger partial charge in [-0.25, -0.2) is 4.98 Å². The van der Waals surface area contributed by atoms with Gasteiger partial charge in [-0.3, -0.25) is 0 Å². The second-order valence-corrected chi connectivity index (χ2v) is 4.12. The van der Waals surface area contributed by atoms with E-state index in [1.807, 2.05) is 0 Å². The average Bonchev–Trinajstić information content (AvgIpc) is 2.40. The van der Waals surface area contributed by atoms with Gasteiger partial charge in [0.1, 0.15) is 5.82 Å². The zero-order valence-corrected chi connectivity index (χ0v) is 11.8. The molecule has 0 amide bonds. The molecule has 0 aromatic carbocycles. The number of nitrogens with one attached hydrogen (secondary N) is 1. The Morgan fingerprint density at radius 2 is 1.83 bits per heavy atom. The summed E-state index contributed by atoms with van der Waals surface area (Å²) in [6, 6.07) is 0. The Kier molecular flexibility index (Phi) is 5.85. The first-order chi connectivity index (χ1) is 8.67. The molecule has 0 radical (unpaired) electrons. The van der Waals surface area contributed by atoms with Crippen molar-refractivity contribution in [3.63, 3.8) is 0 Å². The van der Waals surface area contributed by atoms with E-state index < -0.39 is 0 Å². The second-order valence-electron chi connectivity index (χ2n) is 4.12. The highest BCUT2D eigenvalue weighted by Crippen LogP contribution is 2.21. The second kappa shape index (κ2) is 7.16. The van der Waals surface area contributed by atoms with E-state index in [4.69, 9.17) is 5.11 Å². The third kappa shape index (κ3) is 3.32. The molecule has 102 valence electrons. The lowest BCUT2D eigenvalue weighted by molar-refractivity contribution is 0.311. The fourth-order valence-electron chi connectivity index (χ4n) is 1.97. The number of anilines is 2. The van der Waals surface area contributed by atoms with E-state index in [0.29, 0.717) is 12.5 Å². The summed E-state index contributed by atoms with van der Waals surface area (Å²) in [6.45, 7) is 10.8. The smallest absolute Gasteiger partial charge is 0.224 e. The fourth-order valence-corrected chi connectivity index (χ4v) is 1.97. The Balaban J connectivity index is 3.13. The monoisotopic (exact) mass is 252 g/mol. The topological polar surface area (TPSA) is 61.3 Å². The molecule has 18 heavy (non-hydrogen) atoms. The maximum Gasteiger partial charge on any atom is 0.224 e. The van der Waals surface area contributed by atoms with E-state index in [1.54, 1.807) is 0 Å². The highest BCUT2D eigenvalue weighted by molar-refractivity contribution is 5.52. The molecule has 1 aromatic rings. The Hall–Kier alpha value is -1.36. The minimum atomic E-state index is 0.0826. The molecule has 5 heteroatoms. The van der Waals surface area contributed by atoms with Crippen molar-refractivity contribution in [2.24, 2.45) is 0 Å². The number of aliphatic hydroxyl groups is 1. The maximum atomic E-state index is 8.85. The number of aromatic nitrogens is 2. The molecule has 0 fully saturated rings. The zero-order valence-electron chi connectivity index (χ0n) is 11.8. The van der Waals surface area contributed by atoms with Crippen LogP contribution in [0.25, 0.3) is 0 Å². The van der Waals surface area contributed by atoms with Crippen LogP contribution in [0, 0.1) is 6.92 Å². The molecule has 0 atom stereocenters. The standard InChI is InChI=1S/C13H24N4O/c1-5-11-10(4)12(17(6-2)7-3)16-13(15-11)14-8-9-18/h18H,5-9H2,1-4H3,(H,14,15,16). The molecule has 5 nitrogen and oxygen atoms in total. The summed E-state index contributed by atoms with van der Waals surface area (Å²) in [4.78, 5) is 11.3. The van der Waals surface area contributed by atoms with Crippen molar-refractivity contribution in [1.82, 2.24) is 9.97 Å². The summed E-state index contributed by atoms with van der Waals surface area (Å²) in [5.74, 6) is 1.60. The molecule has 0 saturated heterocycles. The van der Waals surface area contributed by atoms with Gasteiger partial charge in [0.2, 0.25) is 5.95 Å². The molecule has 0 spiro atoms. The van der Waals surface area contributed by atoms with Crippen LogP contribution in [0.15, 0.2) is 0 Å². The van der Waals surface area contributed by atoms with Crippen LogP contribution in [-0.2, 0) is 6.42 Å². The van der Waals surface area contributed by atoms with Crippen LogP contribution in [0.3, 0.4) is 0 Å². The van der Waals surface area contributed by atoms with Gasteiger partial charge in [-0.15, -0.1) is 0 Å². The van der Waals surface area contributed by atoms with Crippen molar-refractivity contribution in [1.29, 1.82) is 0 Å². The Bertz CT molecular complexity index is 377. The fraction of sp³-hybridized carbons (Fsp3) is 0.692. The van der Waals surface area contributed by atoms with Crippen molar-refractivity contribution in [3.8, 4) is 0 Å². The van der Waals surface area contributed by atoms with E-state index in [2.05, 4.69) is 47.9 Å². The van der Waals surface area contributed by atoms with E-state index >= 15 is 0 Å². The molecular formula is C13H24N4O. The summed E-state index contributed by atoms with van der Waals surface area (Å²) < 4.78 is 0. The SMILES string of the molecule is CCc1nc(NCCO)nc(N(CC)CC)c1C. The summed E-state index contributed by atoms with van der Waals surface area (Å²) >= 11 is 0. The van der Waals surface area contributed by atoms with E-state index in [0.717, 1.165) is 36.6 Å². The zero-order chi connectivity index (χ0) is 13.5. The lowest BCUT2D eigenvalue weighted by Crippen LogP contribution is -2.25. The largest absolute Gasteiger partial charge is 0.395 e. The maximum absolute atomic E-state index is 8.85. The molecule has 1 aromatic heterocycles. The predicted octanol–water partition coefficient (Wildman–Crippen LogP) is 1.60. The molecule has 0 unspecified atom stereocenters. The van der Waals surface area contributed by atoms with E-state index in [-0.39, 0.29) is 6.61 Å². The van der Waals surface area contributed by atoms with Gasteiger partial charge in [0, 0.05) is 25.2 Å². The van der Waals surface area contributed by atoms with Gasteiger partial charge < -0.3 is 15.3 Å². The number of rotatable bonds is 7. The lowest BCUT2D eigenvalue weighted by Gasteiger charge is -2.23. The third-order valence-corrected chi connectivity index (χ3v) is 3.01. The Morgan fingerprint density at radius 1 is 1.17 bits per heavy atom. The van der Waals surface area contributed by atoms with Crippen molar-refractivity contribution in [2.75, 3.05) is 36.5 Å². The normalized spacial score (nSPS) is 10.5. The van der Waals surface area contributed by atoms with Gasteiger partial charge in [-0.1, -0.05) is 6.92 Å². The number of hydrogen-bond acceptors (Lipinski definition) is 5. The first-order valence-corrected chi connectivity index (χ1v) is 6.65. The van der Waals surface area contributed by atoms with Gasteiger partial charge in [0.05, 0.1) is 12.3 Å². The highest BCUT2D eigenvalue weighted by atomic mass is 16.3. The molecule has 0 aliphatic carbocycles. The molecule has 0 aliphatic heterocycles. The van der Waals surface area contributed by atoms with Crippen molar-refractivity contribution >= 4 is 11.8 Å². The lowest BCUT2D eigenvalue weighted by atomic mass is 10.2.